The zero-order valence-corrected chi connectivity index (χ0v) is 13.2. The lowest BCUT2D eigenvalue weighted by Gasteiger charge is -2.39. The second-order valence-corrected chi connectivity index (χ2v) is 6.44. The lowest BCUT2D eigenvalue weighted by atomic mass is 10.0. The van der Waals surface area contributed by atoms with Crippen molar-refractivity contribution in [1.82, 2.24) is 9.80 Å². The van der Waals surface area contributed by atoms with Crippen molar-refractivity contribution in [2.75, 3.05) is 6.54 Å². The number of carboxylic acid groups (broad SMARTS) is 1. The van der Waals surface area contributed by atoms with Crippen LogP contribution >= 0.6 is 0 Å². The van der Waals surface area contributed by atoms with E-state index in [2.05, 4.69) is 0 Å². The van der Waals surface area contributed by atoms with Crippen LogP contribution in [0.25, 0.3) is 0 Å². The van der Waals surface area contributed by atoms with Crippen LogP contribution in [-0.4, -0.2) is 50.9 Å². The number of hydrogen-bond acceptors (Lipinski definition) is 3. The highest BCUT2D eigenvalue weighted by molar-refractivity contribution is 6.21. The average molecular weight is 304 g/mol. The Balaban J connectivity index is 2.23. The second-order valence-electron chi connectivity index (χ2n) is 6.44. The summed E-state index contributed by atoms with van der Waals surface area (Å²) in [4.78, 5) is 38.5. The van der Waals surface area contributed by atoms with E-state index in [-0.39, 0.29) is 18.4 Å². The third-order valence-corrected chi connectivity index (χ3v) is 3.69. The van der Waals surface area contributed by atoms with E-state index in [9.17, 15) is 19.5 Å². The van der Waals surface area contributed by atoms with E-state index in [0.29, 0.717) is 11.1 Å². The number of imide groups is 1. The molecule has 0 bridgehead atoms. The maximum absolute atomic E-state index is 12.3. The summed E-state index contributed by atoms with van der Waals surface area (Å²) in [5.74, 6) is -0.738. The maximum atomic E-state index is 12.3. The van der Waals surface area contributed by atoms with Crippen LogP contribution in [-0.2, 0) is 0 Å². The molecule has 22 heavy (non-hydrogen) atoms. The van der Waals surface area contributed by atoms with Gasteiger partial charge in [-0.3, -0.25) is 19.4 Å². The number of amides is 3. The van der Waals surface area contributed by atoms with Gasteiger partial charge in [0.2, 0.25) is 0 Å². The normalized spacial score (nSPS) is 15.7. The first-order valence-electron chi connectivity index (χ1n) is 7.12. The zero-order valence-electron chi connectivity index (χ0n) is 13.2. The van der Waals surface area contributed by atoms with Crippen molar-refractivity contribution >= 4 is 17.9 Å². The Morgan fingerprint density at radius 1 is 1.18 bits per heavy atom. The molecule has 2 rings (SSSR count). The minimum absolute atomic E-state index is 0.0376. The van der Waals surface area contributed by atoms with Crippen molar-refractivity contribution in [3.8, 4) is 0 Å². The average Bonchev–Trinajstić information content (AvgIpc) is 2.62. The van der Waals surface area contributed by atoms with Crippen LogP contribution in [0.1, 0.15) is 48.4 Å². The van der Waals surface area contributed by atoms with E-state index in [0.717, 1.165) is 4.90 Å². The monoisotopic (exact) mass is 304 g/mol. The Labute approximate surface area is 129 Å². The number of benzene rings is 1. The Kier molecular flexibility index (Phi) is 3.96. The van der Waals surface area contributed by atoms with Gasteiger partial charge in [-0.25, -0.2) is 4.79 Å². The number of fused-ring (bicyclic) bond motifs is 1. The molecule has 1 aromatic rings. The molecule has 0 aliphatic carbocycles. The van der Waals surface area contributed by atoms with E-state index in [1.165, 1.54) is 4.90 Å². The van der Waals surface area contributed by atoms with E-state index in [1.54, 1.807) is 52.0 Å². The summed E-state index contributed by atoms with van der Waals surface area (Å²) >= 11 is 0. The maximum Gasteiger partial charge on any atom is 0.408 e. The van der Waals surface area contributed by atoms with Crippen molar-refractivity contribution in [2.24, 2.45) is 0 Å². The van der Waals surface area contributed by atoms with Crippen LogP contribution in [0.3, 0.4) is 0 Å². The smallest absolute Gasteiger partial charge is 0.408 e. The first kappa shape index (κ1) is 16.0. The van der Waals surface area contributed by atoms with Crippen LogP contribution in [0.4, 0.5) is 4.79 Å². The fourth-order valence-corrected chi connectivity index (χ4v) is 2.89. The molecule has 0 saturated heterocycles. The van der Waals surface area contributed by atoms with E-state index >= 15 is 0 Å². The molecule has 3 amide bonds. The number of nitrogens with zero attached hydrogens (tertiary/aromatic N) is 2. The van der Waals surface area contributed by atoms with Gasteiger partial charge in [0, 0.05) is 12.1 Å². The van der Waals surface area contributed by atoms with E-state index in [4.69, 9.17) is 0 Å². The highest BCUT2D eigenvalue weighted by Gasteiger charge is 2.39. The third kappa shape index (κ3) is 2.68. The van der Waals surface area contributed by atoms with Crippen LogP contribution in [0, 0.1) is 0 Å². The van der Waals surface area contributed by atoms with Gasteiger partial charge in [-0.05, 0) is 39.8 Å². The Morgan fingerprint density at radius 2 is 1.64 bits per heavy atom. The van der Waals surface area contributed by atoms with Crippen LogP contribution in [0.15, 0.2) is 24.3 Å². The lowest BCUT2D eigenvalue weighted by molar-refractivity contribution is 0.0464. The standard InChI is InChI=1S/C16H20N2O4/c1-10(18(15(21)22)16(2,3)4)9-17-13(19)11-7-5-6-8-12(11)14(17)20/h5-8,10H,9H2,1-4H3,(H,21,22). The summed E-state index contributed by atoms with van der Waals surface area (Å²) in [6, 6.07) is 6.13. The summed E-state index contributed by atoms with van der Waals surface area (Å²) in [6.45, 7) is 7.07. The number of carbonyl (C=O) groups excluding carboxylic acids is 2. The van der Waals surface area contributed by atoms with Crippen molar-refractivity contribution < 1.29 is 19.5 Å². The summed E-state index contributed by atoms with van der Waals surface area (Å²) in [7, 11) is 0. The second kappa shape index (κ2) is 5.44. The van der Waals surface area contributed by atoms with Crippen molar-refractivity contribution in [3.05, 3.63) is 35.4 Å². The minimum Gasteiger partial charge on any atom is -0.465 e. The number of rotatable bonds is 3. The fraction of sp³-hybridized carbons (Fsp3) is 0.438. The Hall–Kier alpha value is -2.37. The molecule has 0 spiro atoms. The molecule has 1 N–H and O–H groups in total. The molecule has 6 heteroatoms. The molecule has 118 valence electrons. The summed E-state index contributed by atoms with van der Waals surface area (Å²) in [5.41, 5.74) is 0.124. The van der Waals surface area contributed by atoms with Gasteiger partial charge in [0.1, 0.15) is 0 Å². The predicted molar refractivity (Wildman–Crippen MR) is 80.9 cm³/mol. The van der Waals surface area contributed by atoms with Crippen LogP contribution < -0.4 is 0 Å². The SMILES string of the molecule is CC(CN1C(=O)c2ccccc2C1=O)N(C(=O)O)C(C)(C)C. The van der Waals surface area contributed by atoms with E-state index < -0.39 is 17.7 Å². The summed E-state index contributed by atoms with van der Waals surface area (Å²) < 4.78 is 0. The molecule has 1 atom stereocenters. The lowest BCUT2D eigenvalue weighted by Crippen LogP contribution is -2.54. The Morgan fingerprint density at radius 3 is 2.00 bits per heavy atom. The van der Waals surface area contributed by atoms with Crippen LogP contribution in [0.5, 0.6) is 0 Å². The molecule has 0 radical (unpaired) electrons. The zero-order chi connectivity index (χ0) is 16.7. The minimum atomic E-state index is -1.07. The summed E-state index contributed by atoms with van der Waals surface area (Å²) in [6.07, 6.45) is -1.07. The van der Waals surface area contributed by atoms with Gasteiger partial charge in [0.15, 0.2) is 0 Å². The van der Waals surface area contributed by atoms with Crippen LogP contribution in [0.2, 0.25) is 0 Å². The Bertz CT molecular complexity index is 598. The predicted octanol–water partition coefficient (Wildman–Crippen LogP) is 2.45. The summed E-state index contributed by atoms with van der Waals surface area (Å²) in [5, 5.41) is 9.40. The molecule has 0 fully saturated rings. The highest BCUT2D eigenvalue weighted by Crippen LogP contribution is 2.25. The quantitative estimate of drug-likeness (QED) is 0.870. The molecular weight excluding hydrogens is 284 g/mol. The van der Waals surface area contributed by atoms with Gasteiger partial charge in [0.05, 0.1) is 17.2 Å². The molecule has 1 unspecified atom stereocenters. The molecule has 1 aliphatic heterocycles. The van der Waals surface area contributed by atoms with Gasteiger partial charge >= 0.3 is 6.09 Å². The number of carbonyl (C=O) groups is 3. The van der Waals surface area contributed by atoms with Gasteiger partial charge in [-0.1, -0.05) is 12.1 Å². The highest BCUT2D eigenvalue weighted by atomic mass is 16.4. The molecule has 1 aliphatic rings. The third-order valence-electron chi connectivity index (χ3n) is 3.69. The largest absolute Gasteiger partial charge is 0.465 e. The van der Waals surface area contributed by atoms with Gasteiger partial charge in [-0.2, -0.15) is 0 Å². The molecule has 0 aromatic heterocycles. The molecule has 0 saturated carbocycles. The first-order chi connectivity index (χ1) is 10.1. The van der Waals surface area contributed by atoms with Crippen molar-refractivity contribution in [3.63, 3.8) is 0 Å². The van der Waals surface area contributed by atoms with E-state index in [1.807, 2.05) is 0 Å². The van der Waals surface area contributed by atoms with Crippen molar-refractivity contribution in [1.29, 1.82) is 0 Å². The van der Waals surface area contributed by atoms with Gasteiger partial charge in [0.25, 0.3) is 11.8 Å². The molecular formula is C16H20N2O4. The molecule has 1 heterocycles. The topological polar surface area (TPSA) is 77.9 Å². The molecule has 1 aromatic carbocycles. The van der Waals surface area contributed by atoms with Crippen molar-refractivity contribution in [2.45, 2.75) is 39.3 Å². The van der Waals surface area contributed by atoms with Gasteiger partial charge < -0.3 is 5.11 Å². The molecule has 6 nitrogen and oxygen atoms in total. The fourth-order valence-electron chi connectivity index (χ4n) is 2.89. The number of hydrogen-bond donors (Lipinski definition) is 1. The van der Waals surface area contributed by atoms with Gasteiger partial charge in [-0.15, -0.1) is 0 Å². The first-order valence-corrected chi connectivity index (χ1v) is 7.12.